The standard InChI is InChI=1S/C29H28O10.Na/c1-33-19-8-6-17(7-9-19)26(30)20(10-16-11-21(34-2)27(37-5)22(12-16)35-3)25(29(31)32)18-13-23(36-4)28-24(14-18)38-15-39-28;/h6-9,11-14H,10,15H2,1-5H3,(H,31,32);/q;+1/p-1. The average Bonchev–Trinajstić information content (AvgIpc) is 3.44. The number of carbonyl (C=O) groups excluding carboxylic acids is 2. The fraction of sp³-hybridized carbons (Fsp3) is 0.241. The van der Waals surface area contributed by atoms with Crippen molar-refractivity contribution in [2.75, 3.05) is 42.3 Å². The number of hydrogen-bond donors (Lipinski definition) is 0. The Balaban J connectivity index is 0.00000441. The van der Waals surface area contributed by atoms with Gasteiger partial charge in [0.05, 0.1) is 41.5 Å². The molecule has 1 aliphatic heterocycles. The van der Waals surface area contributed by atoms with E-state index < -0.39 is 11.8 Å². The predicted molar refractivity (Wildman–Crippen MR) is 138 cm³/mol. The molecule has 204 valence electrons. The minimum Gasteiger partial charge on any atom is -0.545 e. The van der Waals surface area contributed by atoms with Crippen LogP contribution in [0.3, 0.4) is 0 Å². The maximum atomic E-state index is 13.9. The van der Waals surface area contributed by atoms with E-state index in [1.54, 1.807) is 36.4 Å². The molecule has 0 radical (unpaired) electrons. The summed E-state index contributed by atoms with van der Waals surface area (Å²) in [5.41, 5.74) is 0.564. The minimum absolute atomic E-state index is 0. The Labute approximate surface area is 253 Å². The third kappa shape index (κ3) is 6.14. The van der Waals surface area contributed by atoms with E-state index in [0.717, 1.165) is 0 Å². The summed E-state index contributed by atoms with van der Waals surface area (Å²) in [6, 6.07) is 12.6. The van der Waals surface area contributed by atoms with Crippen LogP contribution in [0.4, 0.5) is 0 Å². The molecular weight excluding hydrogens is 531 g/mol. The Kier molecular flexibility index (Phi) is 10.3. The molecule has 1 aliphatic rings. The molecule has 0 bridgehead atoms. The van der Waals surface area contributed by atoms with Gasteiger partial charge in [-0.1, -0.05) is 0 Å². The fourth-order valence-electron chi connectivity index (χ4n) is 4.33. The van der Waals surface area contributed by atoms with Crippen LogP contribution in [0.15, 0.2) is 54.1 Å². The van der Waals surface area contributed by atoms with Gasteiger partial charge in [0.1, 0.15) is 5.75 Å². The number of allylic oxidation sites excluding steroid dienone is 1. The second-order valence-electron chi connectivity index (χ2n) is 8.32. The molecule has 0 atom stereocenters. The second-order valence-corrected chi connectivity index (χ2v) is 8.32. The van der Waals surface area contributed by atoms with Crippen molar-refractivity contribution in [3.63, 3.8) is 0 Å². The molecule has 4 rings (SSSR count). The zero-order valence-electron chi connectivity index (χ0n) is 23.1. The molecule has 0 aliphatic carbocycles. The Morgan fingerprint density at radius 3 is 1.93 bits per heavy atom. The van der Waals surface area contributed by atoms with E-state index in [4.69, 9.17) is 33.2 Å². The second kappa shape index (κ2) is 13.5. The van der Waals surface area contributed by atoms with Gasteiger partial charge in [0.15, 0.2) is 28.8 Å². The quantitative estimate of drug-likeness (QED) is 0.182. The smallest absolute Gasteiger partial charge is 0.545 e. The Hall–Kier alpha value is -3.86. The van der Waals surface area contributed by atoms with E-state index in [9.17, 15) is 14.7 Å². The first-order valence-electron chi connectivity index (χ1n) is 11.7. The van der Waals surface area contributed by atoms with Crippen LogP contribution in [-0.2, 0) is 11.2 Å². The molecule has 3 aromatic rings. The van der Waals surface area contributed by atoms with Gasteiger partial charge in [-0.05, 0) is 59.7 Å². The number of carboxylic acids is 1. The molecule has 11 heteroatoms. The summed E-state index contributed by atoms with van der Waals surface area (Å²) >= 11 is 0. The van der Waals surface area contributed by atoms with Gasteiger partial charge in [-0.25, -0.2) is 0 Å². The molecule has 0 amide bonds. The van der Waals surface area contributed by atoms with Gasteiger partial charge in [-0.15, -0.1) is 0 Å². The van der Waals surface area contributed by atoms with E-state index in [1.807, 2.05) is 0 Å². The first-order valence-corrected chi connectivity index (χ1v) is 11.7. The normalized spacial score (nSPS) is 12.0. The molecular formula is C29H27NaO10. The maximum absolute atomic E-state index is 13.9. The molecule has 0 saturated carbocycles. The molecule has 0 fully saturated rings. The Morgan fingerprint density at radius 2 is 1.40 bits per heavy atom. The third-order valence-electron chi connectivity index (χ3n) is 6.18. The summed E-state index contributed by atoms with van der Waals surface area (Å²) in [5, 5.41) is 12.7. The molecule has 0 saturated heterocycles. The van der Waals surface area contributed by atoms with Crippen molar-refractivity contribution in [3.8, 4) is 40.2 Å². The predicted octanol–water partition coefficient (Wildman–Crippen LogP) is 0.0914. The van der Waals surface area contributed by atoms with Gasteiger partial charge in [-0.3, -0.25) is 4.79 Å². The van der Waals surface area contributed by atoms with E-state index >= 15 is 0 Å². The summed E-state index contributed by atoms with van der Waals surface area (Å²) in [7, 11) is 7.33. The Morgan fingerprint density at radius 1 is 0.775 bits per heavy atom. The number of rotatable bonds is 11. The number of benzene rings is 3. The van der Waals surface area contributed by atoms with Crippen LogP contribution in [0.2, 0.25) is 0 Å². The van der Waals surface area contributed by atoms with Crippen LogP contribution >= 0.6 is 0 Å². The summed E-state index contributed by atoms with van der Waals surface area (Å²) < 4.78 is 37.8. The van der Waals surface area contributed by atoms with Crippen LogP contribution < -0.4 is 67.8 Å². The monoisotopic (exact) mass is 558 g/mol. The van der Waals surface area contributed by atoms with Crippen LogP contribution in [0, 0.1) is 0 Å². The van der Waals surface area contributed by atoms with Crippen LogP contribution in [0.25, 0.3) is 5.57 Å². The van der Waals surface area contributed by atoms with Gasteiger partial charge in [0, 0.05) is 23.1 Å². The van der Waals surface area contributed by atoms with Gasteiger partial charge in [-0.2, -0.15) is 0 Å². The first-order chi connectivity index (χ1) is 18.8. The van der Waals surface area contributed by atoms with Gasteiger partial charge >= 0.3 is 29.6 Å². The topological polar surface area (TPSA) is 122 Å². The van der Waals surface area contributed by atoms with Crippen LogP contribution in [0.1, 0.15) is 21.5 Å². The number of Topliss-reactive ketones (excluding diaryl/α,β-unsaturated/α-hetero) is 1. The van der Waals surface area contributed by atoms with Gasteiger partial charge in [0.2, 0.25) is 18.3 Å². The van der Waals surface area contributed by atoms with Crippen molar-refractivity contribution >= 4 is 17.3 Å². The minimum atomic E-state index is -1.56. The molecule has 40 heavy (non-hydrogen) atoms. The number of ketones is 1. The number of hydrogen-bond acceptors (Lipinski definition) is 10. The maximum Gasteiger partial charge on any atom is 1.00 e. The summed E-state index contributed by atoms with van der Waals surface area (Å²) in [6.07, 6.45) is -0.109. The molecule has 0 spiro atoms. The SMILES string of the molecule is COc1ccc(C(=O)C(Cc2cc(OC)c(OC)c(OC)c2)=C(C(=O)[O-])c2cc(OC)c3c(c2)OCO3)cc1.[Na+]. The van der Waals surface area contributed by atoms with Crippen molar-refractivity contribution < 1.29 is 77.4 Å². The molecule has 0 aromatic heterocycles. The third-order valence-corrected chi connectivity index (χ3v) is 6.18. The summed E-state index contributed by atoms with van der Waals surface area (Å²) in [5.74, 6) is 0.397. The average molecular weight is 559 g/mol. The molecule has 0 N–H and O–H groups in total. The van der Waals surface area contributed by atoms with E-state index in [2.05, 4.69) is 0 Å². The first kappa shape index (κ1) is 30.7. The number of carbonyl (C=O) groups is 2. The zero-order chi connectivity index (χ0) is 28.1. The number of ether oxygens (including phenoxy) is 7. The molecule has 1 heterocycles. The van der Waals surface area contributed by atoms with E-state index in [1.165, 1.54) is 47.7 Å². The number of fused-ring (bicyclic) bond motifs is 1. The van der Waals surface area contributed by atoms with E-state index in [0.29, 0.717) is 34.3 Å². The van der Waals surface area contributed by atoms with Crippen molar-refractivity contribution in [1.82, 2.24) is 0 Å². The van der Waals surface area contributed by atoms with Crippen molar-refractivity contribution in [1.29, 1.82) is 0 Å². The number of aliphatic carboxylic acids is 1. The van der Waals surface area contributed by atoms with Crippen molar-refractivity contribution in [3.05, 3.63) is 70.8 Å². The summed E-state index contributed by atoms with van der Waals surface area (Å²) in [6.45, 7) is -0.0530. The zero-order valence-corrected chi connectivity index (χ0v) is 25.1. The van der Waals surface area contributed by atoms with Gasteiger partial charge in [0.25, 0.3) is 0 Å². The molecule has 3 aromatic carbocycles. The summed E-state index contributed by atoms with van der Waals surface area (Å²) in [4.78, 5) is 26.6. The van der Waals surface area contributed by atoms with E-state index in [-0.39, 0.29) is 76.5 Å². The van der Waals surface area contributed by atoms with Crippen LogP contribution in [0.5, 0.6) is 40.2 Å². The number of carboxylic acid groups (broad SMARTS) is 1. The van der Waals surface area contributed by atoms with Crippen molar-refractivity contribution in [2.24, 2.45) is 0 Å². The largest absolute Gasteiger partial charge is 1.00 e. The van der Waals surface area contributed by atoms with Crippen molar-refractivity contribution in [2.45, 2.75) is 6.42 Å². The number of methoxy groups -OCH3 is 5. The van der Waals surface area contributed by atoms with Gasteiger partial charge < -0.3 is 43.1 Å². The molecule has 0 unspecified atom stereocenters. The fourth-order valence-corrected chi connectivity index (χ4v) is 4.33. The molecule has 10 nitrogen and oxygen atoms in total. The van der Waals surface area contributed by atoms with Crippen LogP contribution in [-0.4, -0.2) is 54.1 Å². The Bertz CT molecular complexity index is 1400.